The van der Waals surface area contributed by atoms with Crippen LogP contribution in [0.1, 0.15) is 15.9 Å². The number of hydrogen-bond acceptors (Lipinski definition) is 8. The van der Waals surface area contributed by atoms with Crippen molar-refractivity contribution < 1.29 is 14.1 Å². The molecule has 5 rings (SSSR count). The van der Waals surface area contributed by atoms with Gasteiger partial charge in [-0.1, -0.05) is 17.3 Å². The first kappa shape index (κ1) is 21.4. The molecule has 34 heavy (non-hydrogen) atoms. The Bertz CT molecular complexity index is 1410. The molecule has 172 valence electrons. The number of carbonyl (C=O) groups is 1. The third-order valence-corrected chi connectivity index (χ3v) is 5.87. The molecule has 0 atom stereocenters. The number of nitro groups is 1. The minimum atomic E-state index is -0.485. The van der Waals surface area contributed by atoms with Gasteiger partial charge in [-0.2, -0.15) is 4.68 Å². The van der Waals surface area contributed by atoms with Gasteiger partial charge >= 0.3 is 0 Å². The Labute approximate surface area is 192 Å². The van der Waals surface area contributed by atoms with E-state index in [4.69, 9.17) is 0 Å². The van der Waals surface area contributed by atoms with Crippen LogP contribution in [-0.2, 0) is 0 Å². The Hall–Kier alpha value is -4.48. The molecule has 2 aromatic carbocycles. The van der Waals surface area contributed by atoms with Crippen molar-refractivity contribution in [2.75, 3.05) is 31.1 Å². The standard InChI is InChI=1S/C22H19FN8O3/c1-14-17(6-3-7-18(14)31(33)34)22(32)29-10-8-28(9-11-29)20-19-21(25-13-24-20)30(27-26-19)16-5-2-4-15(23)12-16/h2-7,12-13H,8-11H2,1H3. The zero-order valence-electron chi connectivity index (χ0n) is 18.1. The highest BCUT2D eigenvalue weighted by Gasteiger charge is 2.27. The second kappa shape index (κ2) is 8.46. The van der Waals surface area contributed by atoms with E-state index in [0.29, 0.717) is 60.0 Å². The molecule has 1 fully saturated rings. The quantitative estimate of drug-likeness (QED) is 0.335. The predicted octanol–water partition coefficient (Wildman–Crippen LogP) is 2.53. The molecule has 0 unspecified atom stereocenters. The van der Waals surface area contributed by atoms with Gasteiger partial charge in [-0.05, 0) is 31.2 Å². The fraction of sp³-hybridized carbons (Fsp3) is 0.227. The van der Waals surface area contributed by atoms with E-state index in [1.165, 1.54) is 35.3 Å². The topological polar surface area (TPSA) is 123 Å². The summed E-state index contributed by atoms with van der Waals surface area (Å²) in [5, 5.41) is 19.6. The Morgan fingerprint density at radius 2 is 1.85 bits per heavy atom. The zero-order valence-corrected chi connectivity index (χ0v) is 18.1. The zero-order chi connectivity index (χ0) is 23.8. The molecule has 0 bridgehead atoms. The number of fused-ring (bicyclic) bond motifs is 1. The van der Waals surface area contributed by atoms with Crippen LogP contribution in [-0.4, -0.2) is 66.9 Å². The van der Waals surface area contributed by atoms with Crippen molar-refractivity contribution in [1.29, 1.82) is 0 Å². The molecular weight excluding hydrogens is 443 g/mol. The summed E-state index contributed by atoms with van der Waals surface area (Å²) in [6, 6.07) is 10.5. The Morgan fingerprint density at radius 3 is 2.59 bits per heavy atom. The lowest BCUT2D eigenvalue weighted by molar-refractivity contribution is -0.385. The maximum Gasteiger partial charge on any atom is 0.273 e. The van der Waals surface area contributed by atoms with Gasteiger partial charge in [0, 0.05) is 43.4 Å². The molecule has 0 saturated carbocycles. The first-order valence-electron chi connectivity index (χ1n) is 10.5. The highest BCUT2D eigenvalue weighted by atomic mass is 19.1. The molecular formula is C22H19FN8O3. The largest absolute Gasteiger partial charge is 0.351 e. The molecule has 11 nitrogen and oxygen atoms in total. The van der Waals surface area contributed by atoms with Gasteiger partial charge in [0.1, 0.15) is 12.1 Å². The van der Waals surface area contributed by atoms with Crippen LogP contribution in [0, 0.1) is 22.9 Å². The third-order valence-electron chi connectivity index (χ3n) is 5.87. The number of nitrogens with zero attached hydrogens (tertiary/aromatic N) is 8. The lowest BCUT2D eigenvalue weighted by Gasteiger charge is -2.35. The normalized spacial score (nSPS) is 13.9. The van der Waals surface area contributed by atoms with Gasteiger partial charge < -0.3 is 9.80 Å². The molecule has 0 radical (unpaired) electrons. The first-order chi connectivity index (χ1) is 16.4. The number of amides is 1. The van der Waals surface area contributed by atoms with Crippen molar-refractivity contribution in [2.24, 2.45) is 0 Å². The molecule has 0 spiro atoms. The van der Waals surface area contributed by atoms with Gasteiger partial charge in [0.05, 0.1) is 10.6 Å². The van der Waals surface area contributed by atoms with Crippen LogP contribution >= 0.6 is 0 Å². The summed E-state index contributed by atoms with van der Waals surface area (Å²) in [4.78, 5) is 36.1. The van der Waals surface area contributed by atoms with Gasteiger partial charge in [0.25, 0.3) is 11.6 Å². The van der Waals surface area contributed by atoms with Crippen molar-refractivity contribution in [3.63, 3.8) is 0 Å². The SMILES string of the molecule is Cc1c(C(=O)N2CCN(c3ncnc4c3nnn4-c3cccc(F)c3)CC2)cccc1[N+](=O)[O-]. The van der Waals surface area contributed by atoms with Crippen molar-refractivity contribution in [1.82, 2.24) is 29.9 Å². The summed E-state index contributed by atoms with van der Waals surface area (Å²) in [5.41, 5.74) is 2.02. The van der Waals surface area contributed by atoms with Crippen LogP contribution in [0.3, 0.4) is 0 Å². The summed E-state index contributed by atoms with van der Waals surface area (Å²) in [6.07, 6.45) is 1.40. The third kappa shape index (κ3) is 3.68. The first-order valence-corrected chi connectivity index (χ1v) is 10.5. The molecule has 0 aliphatic carbocycles. The number of carbonyl (C=O) groups excluding carboxylic acids is 1. The van der Waals surface area contributed by atoms with Crippen LogP contribution in [0.5, 0.6) is 0 Å². The molecule has 4 aromatic rings. The van der Waals surface area contributed by atoms with Gasteiger partial charge in [-0.3, -0.25) is 14.9 Å². The van der Waals surface area contributed by atoms with E-state index in [0.717, 1.165) is 0 Å². The number of piperazine rings is 1. The monoisotopic (exact) mass is 462 g/mol. The Balaban J connectivity index is 1.36. The van der Waals surface area contributed by atoms with Crippen LogP contribution in [0.2, 0.25) is 0 Å². The number of benzene rings is 2. The van der Waals surface area contributed by atoms with Gasteiger partial charge in [0.15, 0.2) is 17.0 Å². The maximum atomic E-state index is 13.7. The molecule has 1 aliphatic rings. The van der Waals surface area contributed by atoms with Crippen LogP contribution in [0.15, 0.2) is 48.8 Å². The highest BCUT2D eigenvalue weighted by Crippen LogP contribution is 2.26. The second-order valence-corrected chi connectivity index (χ2v) is 7.84. The van der Waals surface area contributed by atoms with E-state index >= 15 is 0 Å². The van der Waals surface area contributed by atoms with E-state index in [1.807, 2.05) is 4.90 Å². The van der Waals surface area contributed by atoms with Crippen molar-refractivity contribution in [2.45, 2.75) is 6.92 Å². The Kier molecular flexibility index (Phi) is 5.32. The summed E-state index contributed by atoms with van der Waals surface area (Å²) < 4.78 is 15.1. The van der Waals surface area contributed by atoms with Crippen LogP contribution in [0.25, 0.3) is 16.9 Å². The average molecular weight is 462 g/mol. The number of rotatable bonds is 4. The lowest BCUT2D eigenvalue weighted by Crippen LogP contribution is -2.49. The van der Waals surface area contributed by atoms with Gasteiger partial charge in [-0.25, -0.2) is 14.4 Å². The fourth-order valence-corrected chi connectivity index (χ4v) is 4.09. The minimum absolute atomic E-state index is 0.0748. The maximum absolute atomic E-state index is 13.7. The molecule has 1 amide bonds. The number of halogens is 1. The highest BCUT2D eigenvalue weighted by molar-refractivity contribution is 5.96. The molecule has 12 heteroatoms. The molecule has 1 saturated heterocycles. The van der Waals surface area contributed by atoms with Gasteiger partial charge in [0.2, 0.25) is 0 Å². The second-order valence-electron chi connectivity index (χ2n) is 7.84. The van der Waals surface area contributed by atoms with E-state index in [2.05, 4.69) is 20.3 Å². The lowest BCUT2D eigenvalue weighted by atomic mass is 10.1. The van der Waals surface area contributed by atoms with Crippen molar-refractivity contribution in [3.05, 3.63) is 75.9 Å². The number of nitro benzene ring substituents is 1. The van der Waals surface area contributed by atoms with Crippen molar-refractivity contribution >= 4 is 28.6 Å². The molecule has 3 heterocycles. The van der Waals surface area contributed by atoms with E-state index in [-0.39, 0.29) is 11.6 Å². The van der Waals surface area contributed by atoms with Gasteiger partial charge in [-0.15, -0.1) is 5.10 Å². The van der Waals surface area contributed by atoms with Crippen molar-refractivity contribution in [3.8, 4) is 5.69 Å². The molecule has 2 aromatic heterocycles. The van der Waals surface area contributed by atoms with E-state index in [9.17, 15) is 19.3 Å². The summed E-state index contributed by atoms with van der Waals surface area (Å²) >= 11 is 0. The smallest absolute Gasteiger partial charge is 0.273 e. The summed E-state index contributed by atoms with van der Waals surface area (Å²) in [5.74, 6) is -0.0628. The predicted molar refractivity (Wildman–Crippen MR) is 120 cm³/mol. The van der Waals surface area contributed by atoms with Crippen LogP contribution in [0.4, 0.5) is 15.9 Å². The van der Waals surface area contributed by atoms with E-state index < -0.39 is 10.7 Å². The summed E-state index contributed by atoms with van der Waals surface area (Å²) in [7, 11) is 0. The van der Waals surface area contributed by atoms with E-state index in [1.54, 1.807) is 30.0 Å². The minimum Gasteiger partial charge on any atom is -0.351 e. The summed E-state index contributed by atoms with van der Waals surface area (Å²) in [6.45, 7) is 3.37. The fourth-order valence-electron chi connectivity index (χ4n) is 4.09. The van der Waals surface area contributed by atoms with Crippen LogP contribution < -0.4 is 4.90 Å². The molecule has 1 aliphatic heterocycles. The Morgan fingerprint density at radius 1 is 1.09 bits per heavy atom. The molecule has 0 N–H and O–H groups in total. The average Bonchev–Trinajstić information content (AvgIpc) is 3.28. The number of hydrogen-bond donors (Lipinski definition) is 0. The number of aromatic nitrogens is 5. The number of anilines is 1.